The third kappa shape index (κ3) is 7.88. The zero-order chi connectivity index (χ0) is 38.4. The Balaban J connectivity index is 1.12. The molecule has 13 nitrogen and oxygen atoms in total. The topological polar surface area (TPSA) is 145 Å². The second-order valence-electron chi connectivity index (χ2n) is 17.8. The Morgan fingerprint density at radius 1 is 1.02 bits per heavy atom. The molecule has 7 aliphatic rings. The van der Waals surface area contributed by atoms with E-state index in [1.807, 2.05) is 36.4 Å². The van der Waals surface area contributed by atoms with Crippen LogP contribution in [0, 0.1) is 17.3 Å². The lowest BCUT2D eigenvalue weighted by Crippen LogP contribution is -2.65. The van der Waals surface area contributed by atoms with Crippen LogP contribution >= 0.6 is 0 Å². The molecule has 2 bridgehead atoms. The van der Waals surface area contributed by atoms with Crippen molar-refractivity contribution in [2.45, 2.75) is 141 Å². The number of amides is 4. The van der Waals surface area contributed by atoms with Crippen molar-refractivity contribution in [3.63, 3.8) is 0 Å². The molecule has 3 saturated carbocycles. The number of benzene rings is 1. The van der Waals surface area contributed by atoms with Gasteiger partial charge in [0, 0.05) is 19.5 Å². The fraction of sp³-hybridized carbons (Fsp3) is 0.700. The number of hydrogen-bond donors (Lipinski definition) is 2. The Bertz CT molecular complexity index is 1610. The SMILES string of the molecule is CC(C)(C)OC(=O)N[C@H]1COC/C=C/CCCC[C@H](B2OC3CC4CC(C4(C)C)C3(C)O2)NC(=O)[C@@H]2C[C@@H](OC(=O)N3Cc4ccccc4C3)CN2C1=O. The zero-order valence-electron chi connectivity index (χ0n) is 32.6. The second kappa shape index (κ2) is 15.1. The number of carbonyl (C=O) groups excluding carboxylic acids is 4. The Kier molecular flexibility index (Phi) is 10.8. The van der Waals surface area contributed by atoms with E-state index in [4.69, 9.17) is 23.5 Å². The summed E-state index contributed by atoms with van der Waals surface area (Å²) < 4.78 is 30.9. The third-order valence-electron chi connectivity index (χ3n) is 12.6. The van der Waals surface area contributed by atoms with Crippen LogP contribution in [0.4, 0.5) is 9.59 Å². The molecule has 14 heteroatoms. The Morgan fingerprint density at radius 2 is 1.76 bits per heavy atom. The van der Waals surface area contributed by atoms with Gasteiger partial charge in [-0.25, -0.2) is 9.59 Å². The van der Waals surface area contributed by atoms with Crippen molar-refractivity contribution in [1.29, 1.82) is 0 Å². The van der Waals surface area contributed by atoms with Gasteiger partial charge >= 0.3 is 19.3 Å². The normalized spacial score (nSPS) is 34.6. The molecule has 4 amide bonds. The van der Waals surface area contributed by atoms with E-state index < -0.39 is 60.5 Å². The van der Waals surface area contributed by atoms with Crippen LogP contribution in [-0.2, 0) is 46.2 Å². The molecule has 5 fully saturated rings. The molecule has 2 N–H and O–H groups in total. The maximum atomic E-state index is 14.5. The molecule has 1 aromatic rings. The van der Waals surface area contributed by atoms with E-state index in [1.54, 1.807) is 25.7 Å². The molecule has 1 aromatic carbocycles. The number of carbonyl (C=O) groups is 4. The first-order chi connectivity index (χ1) is 25.6. The van der Waals surface area contributed by atoms with Crippen LogP contribution in [0.25, 0.3) is 0 Å². The fourth-order valence-corrected chi connectivity index (χ4v) is 9.57. The monoisotopic (exact) mass is 748 g/mol. The zero-order valence-corrected chi connectivity index (χ0v) is 32.6. The van der Waals surface area contributed by atoms with Crippen LogP contribution in [0.1, 0.15) is 97.6 Å². The number of ether oxygens (including phenoxy) is 3. The summed E-state index contributed by atoms with van der Waals surface area (Å²) in [5.74, 6) is -0.433. The minimum absolute atomic E-state index is 0.0325. The minimum Gasteiger partial charge on any atom is -0.444 e. The Morgan fingerprint density at radius 3 is 2.46 bits per heavy atom. The smallest absolute Gasteiger partial charge is 0.444 e. The van der Waals surface area contributed by atoms with E-state index in [1.165, 1.54) is 4.90 Å². The fourth-order valence-electron chi connectivity index (χ4n) is 9.57. The van der Waals surface area contributed by atoms with Gasteiger partial charge in [-0.15, -0.1) is 0 Å². The molecule has 4 heterocycles. The highest BCUT2D eigenvalue weighted by Crippen LogP contribution is 2.65. The van der Waals surface area contributed by atoms with Crippen molar-refractivity contribution in [3.05, 3.63) is 47.5 Å². The highest BCUT2D eigenvalue weighted by molar-refractivity contribution is 6.48. The molecule has 54 heavy (non-hydrogen) atoms. The van der Waals surface area contributed by atoms with Gasteiger partial charge in [0.1, 0.15) is 23.8 Å². The van der Waals surface area contributed by atoms with E-state index in [0.717, 1.165) is 43.2 Å². The van der Waals surface area contributed by atoms with E-state index in [-0.39, 0.29) is 43.6 Å². The number of hydrogen-bond acceptors (Lipinski definition) is 9. The van der Waals surface area contributed by atoms with Gasteiger partial charge in [0.25, 0.3) is 0 Å². The molecule has 0 spiro atoms. The quantitative estimate of drug-likeness (QED) is 0.326. The first-order valence-corrected chi connectivity index (χ1v) is 19.8. The summed E-state index contributed by atoms with van der Waals surface area (Å²) in [5, 5.41) is 5.92. The average molecular weight is 749 g/mol. The summed E-state index contributed by atoms with van der Waals surface area (Å²) in [6.45, 7) is 12.9. The number of alkyl carbamates (subject to hydrolysis) is 1. The van der Waals surface area contributed by atoms with Crippen LogP contribution in [0.15, 0.2) is 36.4 Å². The van der Waals surface area contributed by atoms with Crippen LogP contribution in [0.2, 0.25) is 0 Å². The third-order valence-corrected chi connectivity index (χ3v) is 12.6. The van der Waals surface area contributed by atoms with Crippen LogP contribution in [0.5, 0.6) is 0 Å². The first kappa shape index (κ1) is 38.7. The number of nitrogens with one attached hydrogen (secondary N) is 2. The first-order valence-electron chi connectivity index (χ1n) is 19.8. The van der Waals surface area contributed by atoms with Gasteiger partial charge in [-0.1, -0.05) is 56.7 Å². The van der Waals surface area contributed by atoms with Gasteiger partial charge < -0.3 is 39.1 Å². The molecule has 3 aliphatic carbocycles. The minimum atomic E-state index is -1.16. The molecule has 0 radical (unpaired) electrons. The predicted octanol–water partition coefficient (Wildman–Crippen LogP) is 4.90. The molecule has 4 unspecified atom stereocenters. The lowest BCUT2D eigenvalue weighted by atomic mass is 9.43. The lowest BCUT2D eigenvalue weighted by Gasteiger charge is -2.64. The molecular formula is C40H57BN4O9. The van der Waals surface area contributed by atoms with Gasteiger partial charge in [-0.3, -0.25) is 14.5 Å². The number of rotatable bonds is 3. The number of allylic oxidation sites excluding steroid dienone is 1. The summed E-state index contributed by atoms with van der Waals surface area (Å²) in [6.07, 6.45) is 7.14. The van der Waals surface area contributed by atoms with E-state index in [0.29, 0.717) is 31.3 Å². The molecule has 294 valence electrons. The average Bonchev–Trinajstić information content (AvgIpc) is 3.83. The molecule has 8 rings (SSSR count). The molecule has 4 aliphatic heterocycles. The molecule has 2 saturated heterocycles. The Hall–Kier alpha value is -3.62. The van der Waals surface area contributed by atoms with Gasteiger partial charge in [0.05, 0.1) is 37.4 Å². The van der Waals surface area contributed by atoms with Crippen molar-refractivity contribution in [1.82, 2.24) is 20.4 Å². The van der Waals surface area contributed by atoms with Gasteiger partial charge in [0.15, 0.2) is 0 Å². The summed E-state index contributed by atoms with van der Waals surface area (Å²) in [6, 6.07) is 5.71. The molecular weight excluding hydrogens is 691 g/mol. The van der Waals surface area contributed by atoms with Gasteiger partial charge in [-0.2, -0.15) is 0 Å². The van der Waals surface area contributed by atoms with E-state index in [9.17, 15) is 19.2 Å². The van der Waals surface area contributed by atoms with E-state index in [2.05, 4.69) is 31.4 Å². The van der Waals surface area contributed by atoms with Gasteiger partial charge in [0.2, 0.25) is 11.8 Å². The number of fused-ring (bicyclic) bond motifs is 2. The van der Waals surface area contributed by atoms with Crippen LogP contribution in [0.3, 0.4) is 0 Å². The van der Waals surface area contributed by atoms with Gasteiger partial charge in [-0.05, 0) is 88.2 Å². The van der Waals surface area contributed by atoms with Crippen LogP contribution in [-0.4, -0.2) is 102 Å². The second-order valence-corrected chi connectivity index (χ2v) is 17.8. The number of nitrogens with zero attached hydrogens (tertiary/aromatic N) is 2. The van der Waals surface area contributed by atoms with Crippen molar-refractivity contribution in [3.8, 4) is 0 Å². The lowest BCUT2D eigenvalue weighted by molar-refractivity contribution is -0.199. The highest BCUT2D eigenvalue weighted by atomic mass is 16.7. The summed E-state index contributed by atoms with van der Waals surface area (Å²) >= 11 is 0. The maximum Gasteiger partial charge on any atom is 0.481 e. The summed E-state index contributed by atoms with van der Waals surface area (Å²) in [5.41, 5.74) is 1.03. The summed E-state index contributed by atoms with van der Waals surface area (Å²) in [7, 11) is -0.639. The van der Waals surface area contributed by atoms with Crippen LogP contribution < -0.4 is 10.6 Å². The van der Waals surface area contributed by atoms with Crippen molar-refractivity contribution < 1.29 is 42.7 Å². The highest BCUT2D eigenvalue weighted by Gasteiger charge is 2.68. The summed E-state index contributed by atoms with van der Waals surface area (Å²) in [4.78, 5) is 58.4. The molecule has 8 atom stereocenters. The van der Waals surface area contributed by atoms with Crippen molar-refractivity contribution in [2.24, 2.45) is 17.3 Å². The standard InChI is InChI=1S/C40H57BN4O9/c1-38(2,3)52-36(48)42-29-24-50-17-13-9-7-8-10-16-33(41-53-32-19-27-18-31(39(27,4)5)40(32,6)54-41)43-34(46)30-20-28(23-45(30)35(29)47)51-37(49)44-21-25-14-11-12-15-26(25)22-44/h9,11-15,27-33H,7-8,10,16-24H2,1-6H3,(H,42,48)(H,43,46)/b13-9+/t27?,28-,29+,30+,31?,32?,33-,40?/m1/s1. The maximum absolute atomic E-state index is 14.5. The van der Waals surface area contributed by atoms with Crippen molar-refractivity contribution in [2.75, 3.05) is 19.8 Å². The predicted molar refractivity (Wildman–Crippen MR) is 200 cm³/mol. The van der Waals surface area contributed by atoms with Crippen molar-refractivity contribution >= 4 is 31.1 Å². The Labute approximate surface area is 319 Å². The van der Waals surface area contributed by atoms with E-state index >= 15 is 0 Å². The molecule has 0 aromatic heterocycles. The largest absolute Gasteiger partial charge is 0.481 e.